The van der Waals surface area contributed by atoms with Crippen LogP contribution in [-0.2, 0) is 14.0 Å². The van der Waals surface area contributed by atoms with Gasteiger partial charge in [0.25, 0.3) is 0 Å². The van der Waals surface area contributed by atoms with Gasteiger partial charge >= 0.3 is 13.2 Å². The largest absolute Gasteiger partial charge is 0.463 e. The van der Waals surface area contributed by atoms with Crippen LogP contribution in [0, 0.1) is 5.41 Å². The van der Waals surface area contributed by atoms with Crippen molar-refractivity contribution in [3.8, 4) is 0 Å². The van der Waals surface area contributed by atoms with Crippen molar-refractivity contribution in [2.75, 3.05) is 13.1 Å². The summed E-state index contributed by atoms with van der Waals surface area (Å²) in [5, 5.41) is 0. The summed E-state index contributed by atoms with van der Waals surface area (Å²) in [5.41, 5.74) is -1.06. The highest BCUT2D eigenvalue weighted by Crippen LogP contribution is 2.55. The highest BCUT2D eigenvalue weighted by Gasteiger charge is 2.61. The average Bonchev–Trinajstić information content (AvgIpc) is 2.93. The fourth-order valence-electron chi connectivity index (χ4n) is 4.67. The average molecular weight is 365 g/mol. The van der Waals surface area contributed by atoms with Gasteiger partial charge in [0.15, 0.2) is 0 Å². The maximum Gasteiger partial charge on any atom is 0.463 e. The Balaban J connectivity index is 1.82. The maximum atomic E-state index is 12.7. The van der Waals surface area contributed by atoms with Crippen LogP contribution in [-0.4, -0.2) is 48.0 Å². The van der Waals surface area contributed by atoms with E-state index in [4.69, 9.17) is 14.0 Å². The molecule has 2 saturated heterocycles. The second kappa shape index (κ2) is 6.40. The summed E-state index contributed by atoms with van der Waals surface area (Å²) in [7, 11) is -0.259. The second-order valence-electron chi connectivity index (χ2n) is 10.5. The molecule has 6 heteroatoms. The first-order chi connectivity index (χ1) is 11.9. The Kier molecular flexibility index (Phi) is 4.93. The van der Waals surface area contributed by atoms with Gasteiger partial charge in [-0.15, -0.1) is 0 Å². The molecule has 148 valence electrons. The normalized spacial score (nSPS) is 30.0. The van der Waals surface area contributed by atoms with E-state index in [0.29, 0.717) is 6.54 Å². The third-order valence-electron chi connectivity index (χ3n) is 6.81. The fraction of sp³-hybridized carbons (Fsp3) is 0.950. The molecule has 5 nitrogen and oxygen atoms in total. The Morgan fingerprint density at radius 1 is 1.04 bits per heavy atom. The third kappa shape index (κ3) is 3.64. The summed E-state index contributed by atoms with van der Waals surface area (Å²) in [6.07, 6.45) is 5.80. The molecule has 1 amide bonds. The molecule has 1 unspecified atom stereocenters. The monoisotopic (exact) mass is 365 g/mol. The minimum Gasteiger partial charge on any atom is -0.444 e. The van der Waals surface area contributed by atoms with Crippen LogP contribution in [0.3, 0.4) is 0 Å². The van der Waals surface area contributed by atoms with Gasteiger partial charge in [-0.2, -0.15) is 0 Å². The van der Waals surface area contributed by atoms with E-state index in [-0.39, 0.29) is 35.6 Å². The van der Waals surface area contributed by atoms with Crippen LogP contribution < -0.4 is 0 Å². The molecule has 26 heavy (non-hydrogen) atoms. The molecule has 1 spiro atoms. The standard InChI is InChI=1S/C20H36BNO4/c1-17(2,3)24-16(23)22-13-15(20(14-22)11-9-8-10-12-20)21-25-18(4,5)19(6,7)26-21/h15H,8-14H2,1-7H3. The van der Waals surface area contributed by atoms with Gasteiger partial charge in [0.1, 0.15) is 5.60 Å². The Morgan fingerprint density at radius 3 is 2.08 bits per heavy atom. The van der Waals surface area contributed by atoms with E-state index in [1.165, 1.54) is 19.3 Å². The van der Waals surface area contributed by atoms with Crippen LogP contribution in [0.15, 0.2) is 0 Å². The first kappa shape index (κ1) is 20.0. The van der Waals surface area contributed by atoms with Crippen LogP contribution in [0.5, 0.6) is 0 Å². The van der Waals surface area contributed by atoms with Gasteiger partial charge in [0.2, 0.25) is 0 Å². The van der Waals surface area contributed by atoms with Crippen LogP contribution in [0.4, 0.5) is 4.79 Å². The van der Waals surface area contributed by atoms with Gasteiger partial charge in [0.05, 0.1) is 11.2 Å². The maximum absolute atomic E-state index is 12.7. The molecule has 3 fully saturated rings. The molecule has 1 saturated carbocycles. The highest BCUT2D eigenvalue weighted by atomic mass is 16.7. The van der Waals surface area contributed by atoms with Gasteiger partial charge in [-0.05, 0) is 66.7 Å². The second-order valence-corrected chi connectivity index (χ2v) is 10.5. The lowest BCUT2D eigenvalue weighted by molar-refractivity contribution is 0.00578. The smallest absolute Gasteiger partial charge is 0.444 e. The van der Waals surface area contributed by atoms with Crippen LogP contribution in [0.1, 0.15) is 80.6 Å². The van der Waals surface area contributed by atoms with E-state index < -0.39 is 5.60 Å². The van der Waals surface area contributed by atoms with Crippen LogP contribution >= 0.6 is 0 Å². The first-order valence-electron chi connectivity index (χ1n) is 10.2. The number of hydrogen-bond donors (Lipinski definition) is 0. The number of likely N-dealkylation sites (tertiary alicyclic amines) is 1. The molecule has 3 rings (SSSR count). The molecule has 2 aliphatic heterocycles. The number of amides is 1. The predicted molar refractivity (Wildman–Crippen MR) is 103 cm³/mol. The molecular weight excluding hydrogens is 329 g/mol. The van der Waals surface area contributed by atoms with Crippen molar-refractivity contribution >= 4 is 13.2 Å². The van der Waals surface area contributed by atoms with Gasteiger partial charge in [-0.3, -0.25) is 0 Å². The summed E-state index contributed by atoms with van der Waals surface area (Å²) in [6.45, 7) is 15.6. The number of carbonyl (C=O) groups excluding carboxylic acids is 1. The van der Waals surface area contributed by atoms with Crippen LogP contribution in [0.25, 0.3) is 0 Å². The van der Waals surface area contributed by atoms with Gasteiger partial charge in [0, 0.05) is 18.9 Å². The molecular formula is C20H36BNO4. The summed E-state index contributed by atoms with van der Waals surface area (Å²) in [4.78, 5) is 14.6. The molecule has 0 bridgehead atoms. The van der Waals surface area contributed by atoms with Crippen LogP contribution in [0.2, 0.25) is 5.82 Å². The molecule has 2 heterocycles. The van der Waals surface area contributed by atoms with Crippen molar-refractivity contribution in [1.29, 1.82) is 0 Å². The summed E-state index contributed by atoms with van der Waals surface area (Å²) >= 11 is 0. The van der Waals surface area contributed by atoms with E-state index >= 15 is 0 Å². The quantitative estimate of drug-likeness (QED) is 0.635. The van der Waals surface area contributed by atoms with Crippen molar-refractivity contribution < 1.29 is 18.8 Å². The van der Waals surface area contributed by atoms with Gasteiger partial charge in [-0.25, -0.2) is 4.79 Å². The zero-order valence-corrected chi connectivity index (χ0v) is 17.7. The van der Waals surface area contributed by atoms with E-state index in [1.807, 2.05) is 25.7 Å². The summed E-state index contributed by atoms with van der Waals surface area (Å²) in [5.74, 6) is 0.205. The number of ether oxygens (including phenoxy) is 1. The Bertz CT molecular complexity index is 533. The Morgan fingerprint density at radius 2 is 1.58 bits per heavy atom. The Labute approximate surface area is 159 Å². The minimum atomic E-state index is -0.473. The zero-order valence-electron chi connectivity index (χ0n) is 17.7. The molecule has 1 aliphatic carbocycles. The fourth-order valence-corrected chi connectivity index (χ4v) is 4.67. The first-order valence-corrected chi connectivity index (χ1v) is 10.2. The molecule has 1 atom stereocenters. The van der Waals surface area contributed by atoms with E-state index in [2.05, 4.69) is 27.7 Å². The molecule has 0 N–H and O–H groups in total. The lowest BCUT2D eigenvalue weighted by Crippen LogP contribution is -2.41. The highest BCUT2D eigenvalue weighted by molar-refractivity contribution is 6.48. The molecule has 0 aromatic carbocycles. The molecule has 3 aliphatic rings. The van der Waals surface area contributed by atoms with Crippen molar-refractivity contribution in [2.24, 2.45) is 5.41 Å². The topological polar surface area (TPSA) is 48.0 Å². The van der Waals surface area contributed by atoms with E-state index in [1.54, 1.807) is 0 Å². The minimum absolute atomic E-state index is 0.0936. The van der Waals surface area contributed by atoms with E-state index in [9.17, 15) is 4.79 Å². The summed E-state index contributed by atoms with van der Waals surface area (Å²) < 4.78 is 18.5. The Hall–Kier alpha value is -0.745. The van der Waals surface area contributed by atoms with Gasteiger partial charge < -0.3 is 18.9 Å². The lowest BCUT2D eigenvalue weighted by Gasteiger charge is -2.38. The number of carbonyl (C=O) groups is 1. The summed E-state index contributed by atoms with van der Waals surface area (Å²) in [6, 6.07) is 0. The van der Waals surface area contributed by atoms with E-state index in [0.717, 1.165) is 19.4 Å². The van der Waals surface area contributed by atoms with Crippen molar-refractivity contribution in [3.63, 3.8) is 0 Å². The number of hydrogen-bond acceptors (Lipinski definition) is 4. The molecule has 0 aromatic rings. The van der Waals surface area contributed by atoms with Crippen molar-refractivity contribution in [2.45, 2.75) is 103 Å². The molecule has 0 radical (unpaired) electrons. The third-order valence-corrected chi connectivity index (χ3v) is 6.81. The number of rotatable bonds is 1. The number of nitrogens with zero attached hydrogens (tertiary/aromatic N) is 1. The van der Waals surface area contributed by atoms with Gasteiger partial charge in [-0.1, -0.05) is 19.3 Å². The lowest BCUT2D eigenvalue weighted by atomic mass is 9.54. The molecule has 0 aromatic heterocycles. The zero-order chi connectivity index (χ0) is 19.4. The van der Waals surface area contributed by atoms with Crippen molar-refractivity contribution in [1.82, 2.24) is 4.90 Å². The predicted octanol–water partition coefficient (Wildman–Crippen LogP) is 4.65. The van der Waals surface area contributed by atoms with Crippen molar-refractivity contribution in [3.05, 3.63) is 0 Å². The SMILES string of the molecule is CC(C)(C)OC(=O)N1CC(B2OC(C)(C)C(C)(C)O2)C2(CCCCC2)C1.